The van der Waals surface area contributed by atoms with Gasteiger partial charge in [-0.25, -0.2) is 14.6 Å². The van der Waals surface area contributed by atoms with E-state index in [9.17, 15) is 9.59 Å². The summed E-state index contributed by atoms with van der Waals surface area (Å²) in [5.41, 5.74) is -0.519. The van der Waals surface area contributed by atoms with E-state index in [0.29, 0.717) is 27.7 Å². The molecule has 28 heavy (non-hydrogen) atoms. The molecule has 0 saturated heterocycles. The van der Waals surface area contributed by atoms with Crippen LogP contribution in [0.3, 0.4) is 0 Å². The van der Waals surface area contributed by atoms with Crippen LogP contribution in [-0.2, 0) is 0 Å². The number of rotatable bonds is 2. The largest absolute Gasteiger partial charge is 0.496 e. The van der Waals surface area contributed by atoms with Gasteiger partial charge in [0.1, 0.15) is 16.7 Å². The highest BCUT2D eigenvalue weighted by Crippen LogP contribution is 2.35. The molecule has 0 bridgehead atoms. The summed E-state index contributed by atoms with van der Waals surface area (Å²) in [6.45, 7) is 0. The minimum atomic E-state index is -0.692. The van der Waals surface area contributed by atoms with Gasteiger partial charge in [0.25, 0.3) is 0 Å². The van der Waals surface area contributed by atoms with E-state index in [1.165, 1.54) is 0 Å². The third-order valence-electron chi connectivity index (χ3n) is 4.70. The zero-order chi connectivity index (χ0) is 19.3. The molecule has 0 amide bonds. The van der Waals surface area contributed by atoms with Gasteiger partial charge in [0.2, 0.25) is 5.89 Å². The molecule has 6 nitrogen and oxygen atoms in total. The van der Waals surface area contributed by atoms with Crippen LogP contribution in [0.1, 0.15) is 0 Å². The Hall–Kier alpha value is -3.93. The van der Waals surface area contributed by atoms with Crippen molar-refractivity contribution in [2.45, 2.75) is 0 Å². The average Bonchev–Trinajstić information content (AvgIpc) is 2.74. The van der Waals surface area contributed by atoms with Crippen molar-refractivity contribution in [2.75, 3.05) is 7.11 Å². The molecule has 0 spiro atoms. The van der Waals surface area contributed by atoms with Crippen molar-refractivity contribution in [3.05, 3.63) is 81.5 Å². The second kappa shape index (κ2) is 6.06. The quantitative estimate of drug-likeness (QED) is 0.343. The Balaban J connectivity index is 1.97. The molecule has 0 unspecified atom stereocenters. The summed E-state index contributed by atoms with van der Waals surface area (Å²) in [4.78, 5) is 29.8. The fourth-order valence-electron chi connectivity index (χ4n) is 3.43. The lowest BCUT2D eigenvalue weighted by Crippen LogP contribution is -2.11. The van der Waals surface area contributed by atoms with E-state index < -0.39 is 11.3 Å². The second-order valence-electron chi connectivity index (χ2n) is 6.29. The molecule has 2 heterocycles. The number of hydrogen-bond acceptors (Lipinski definition) is 6. The van der Waals surface area contributed by atoms with Crippen LogP contribution in [-0.4, -0.2) is 12.1 Å². The first-order chi connectivity index (χ1) is 13.7. The van der Waals surface area contributed by atoms with E-state index >= 15 is 0 Å². The Morgan fingerprint density at radius 2 is 1.54 bits per heavy atom. The van der Waals surface area contributed by atoms with Crippen LogP contribution < -0.4 is 16.0 Å². The van der Waals surface area contributed by atoms with Gasteiger partial charge in [-0.1, -0.05) is 42.5 Å². The monoisotopic (exact) mass is 371 g/mol. The van der Waals surface area contributed by atoms with E-state index in [2.05, 4.69) is 4.98 Å². The zero-order valence-corrected chi connectivity index (χ0v) is 14.8. The van der Waals surface area contributed by atoms with Gasteiger partial charge in [0, 0.05) is 21.7 Å². The third-order valence-corrected chi connectivity index (χ3v) is 4.70. The molecule has 0 atom stereocenters. The molecule has 0 aliphatic rings. The fourth-order valence-corrected chi connectivity index (χ4v) is 3.43. The van der Waals surface area contributed by atoms with Crippen molar-refractivity contribution < 1.29 is 13.6 Å². The van der Waals surface area contributed by atoms with Gasteiger partial charge in [-0.2, -0.15) is 0 Å². The van der Waals surface area contributed by atoms with Crippen molar-refractivity contribution in [2.24, 2.45) is 0 Å². The summed E-state index contributed by atoms with van der Waals surface area (Å²) in [5, 5.41) is 1.95. The molecule has 0 aliphatic heterocycles. The van der Waals surface area contributed by atoms with E-state index in [-0.39, 0.29) is 16.8 Å². The van der Waals surface area contributed by atoms with Crippen molar-refractivity contribution in [3.8, 4) is 17.2 Å². The number of methoxy groups -OCH3 is 1. The molecule has 0 radical (unpaired) electrons. The highest BCUT2D eigenvalue weighted by Gasteiger charge is 2.19. The number of fused-ring (bicyclic) bond motifs is 5. The maximum Gasteiger partial charge on any atom is 0.363 e. The van der Waals surface area contributed by atoms with E-state index in [1.807, 2.05) is 30.3 Å². The van der Waals surface area contributed by atoms with Crippen molar-refractivity contribution in [1.82, 2.24) is 4.98 Å². The summed E-state index contributed by atoms with van der Waals surface area (Å²) in [7, 11) is 1.54. The maximum atomic E-state index is 12.8. The Morgan fingerprint density at radius 1 is 0.821 bits per heavy atom. The van der Waals surface area contributed by atoms with Gasteiger partial charge < -0.3 is 13.6 Å². The Labute approximate surface area is 157 Å². The molecule has 136 valence electrons. The molecule has 2 aromatic heterocycles. The van der Waals surface area contributed by atoms with Crippen LogP contribution in [0.15, 0.2) is 79.1 Å². The molecule has 5 aromatic rings. The Bertz CT molecular complexity index is 1480. The molecule has 5 rings (SSSR count). The van der Waals surface area contributed by atoms with Crippen molar-refractivity contribution >= 4 is 32.6 Å². The summed E-state index contributed by atoms with van der Waals surface area (Å²) < 4.78 is 16.5. The predicted molar refractivity (Wildman–Crippen MR) is 106 cm³/mol. The van der Waals surface area contributed by atoms with Gasteiger partial charge in [0.05, 0.1) is 7.11 Å². The minimum Gasteiger partial charge on any atom is -0.496 e. The standard InChI is InChI=1S/C22H13NO5/c1-26-16-11-15-17-18(22(25)27-19(15)14-10-6-5-9-13(14)16)23-20(28-21(17)24)12-7-3-2-4-8-12/h2-11H,1H3. The topological polar surface area (TPSA) is 82.5 Å². The lowest BCUT2D eigenvalue weighted by Gasteiger charge is -2.09. The van der Waals surface area contributed by atoms with Crippen LogP contribution in [0.2, 0.25) is 0 Å². The highest BCUT2D eigenvalue weighted by molar-refractivity contribution is 6.15. The highest BCUT2D eigenvalue weighted by atomic mass is 16.5. The predicted octanol–water partition coefficient (Wildman–Crippen LogP) is 4.12. The molecule has 0 aliphatic carbocycles. The lowest BCUT2D eigenvalue weighted by molar-refractivity contribution is 0.420. The van der Waals surface area contributed by atoms with Crippen LogP contribution >= 0.6 is 0 Å². The summed E-state index contributed by atoms with van der Waals surface area (Å²) in [6.07, 6.45) is 0. The van der Waals surface area contributed by atoms with E-state index in [4.69, 9.17) is 13.6 Å². The number of nitrogens with zero attached hydrogens (tertiary/aromatic N) is 1. The first kappa shape index (κ1) is 16.3. The Kier molecular flexibility index (Phi) is 3.52. The van der Waals surface area contributed by atoms with Crippen LogP contribution in [0.5, 0.6) is 5.75 Å². The van der Waals surface area contributed by atoms with Crippen LogP contribution in [0.4, 0.5) is 0 Å². The molecule has 3 aromatic carbocycles. The molecular formula is C22H13NO5. The maximum absolute atomic E-state index is 12.8. The zero-order valence-electron chi connectivity index (χ0n) is 14.8. The third kappa shape index (κ3) is 2.31. The van der Waals surface area contributed by atoms with Gasteiger partial charge in [-0.15, -0.1) is 0 Å². The molecule has 0 N–H and O–H groups in total. The lowest BCUT2D eigenvalue weighted by atomic mass is 10.0. The van der Waals surface area contributed by atoms with E-state index in [0.717, 1.165) is 5.39 Å². The second-order valence-corrected chi connectivity index (χ2v) is 6.29. The van der Waals surface area contributed by atoms with Crippen LogP contribution in [0, 0.1) is 0 Å². The first-order valence-electron chi connectivity index (χ1n) is 8.60. The van der Waals surface area contributed by atoms with Gasteiger partial charge in [0.15, 0.2) is 5.52 Å². The van der Waals surface area contributed by atoms with E-state index in [1.54, 1.807) is 37.4 Å². The minimum absolute atomic E-state index is 0.0671. The summed E-state index contributed by atoms with van der Waals surface area (Å²) in [6, 6.07) is 17.9. The van der Waals surface area contributed by atoms with Crippen LogP contribution in [0.25, 0.3) is 44.1 Å². The molecule has 6 heteroatoms. The van der Waals surface area contributed by atoms with Gasteiger partial charge >= 0.3 is 11.3 Å². The molecule has 0 fully saturated rings. The number of aromatic nitrogens is 1. The SMILES string of the molecule is COc1cc2c(oc(=O)c3nc(-c4ccccc4)oc(=O)c32)c2ccccc12. The van der Waals surface area contributed by atoms with Gasteiger partial charge in [-0.05, 0) is 18.2 Å². The smallest absolute Gasteiger partial charge is 0.363 e. The number of ether oxygens (including phenoxy) is 1. The number of benzene rings is 3. The summed E-state index contributed by atoms with van der Waals surface area (Å²) >= 11 is 0. The number of hydrogen-bond donors (Lipinski definition) is 0. The average molecular weight is 371 g/mol. The van der Waals surface area contributed by atoms with Crippen molar-refractivity contribution in [1.29, 1.82) is 0 Å². The fraction of sp³-hybridized carbons (Fsp3) is 0.0455. The first-order valence-corrected chi connectivity index (χ1v) is 8.60. The Morgan fingerprint density at radius 3 is 2.29 bits per heavy atom. The molecular weight excluding hydrogens is 358 g/mol. The summed E-state index contributed by atoms with van der Waals surface area (Å²) in [5.74, 6) is 0.627. The molecule has 0 saturated carbocycles. The van der Waals surface area contributed by atoms with Crippen molar-refractivity contribution in [3.63, 3.8) is 0 Å². The normalized spacial score (nSPS) is 11.3. The van der Waals surface area contributed by atoms with Gasteiger partial charge in [-0.3, -0.25) is 0 Å².